The molecule has 0 atom stereocenters. The predicted octanol–water partition coefficient (Wildman–Crippen LogP) is 35.2. The molecule has 0 radical (unpaired) electrons. The van der Waals surface area contributed by atoms with Gasteiger partial charge in [-0.25, -0.2) is 0 Å². The highest BCUT2D eigenvalue weighted by Gasteiger charge is 2.41. The van der Waals surface area contributed by atoms with Gasteiger partial charge in [0.15, 0.2) is 0 Å². The first-order valence-electron chi connectivity index (χ1n) is 45.9. The van der Waals surface area contributed by atoms with E-state index in [4.69, 9.17) is 13.3 Å². The van der Waals surface area contributed by atoms with Gasteiger partial charge in [-0.05, 0) is 235 Å². The maximum atomic E-state index is 6.84. The number of hydrogen-bond acceptors (Lipinski definition) is 5. The van der Waals surface area contributed by atoms with E-state index in [0.29, 0.717) is 0 Å². The average Bonchev–Trinajstić information content (AvgIpc) is 1.56. The molecule has 5 heterocycles. The molecule has 2 aliphatic rings. The van der Waals surface area contributed by atoms with E-state index in [1.54, 1.807) is 0 Å². The molecule has 2 aliphatic carbocycles. The second-order valence-corrected chi connectivity index (χ2v) is 36.5. The Balaban J connectivity index is 0.000000141. The average molecular weight is 1700 g/mol. The number of nitrogens with zero attached hydrogens (tertiary/aromatic N) is 4. The highest BCUT2D eigenvalue weighted by Crippen LogP contribution is 2.60. The number of para-hydroxylation sites is 5. The van der Waals surface area contributed by atoms with Crippen LogP contribution in [0.1, 0.15) is 49.9 Å². The van der Waals surface area contributed by atoms with E-state index in [2.05, 4.69) is 489 Å². The molecule has 7 heteroatoms. The molecule has 27 rings (SSSR count). The Morgan fingerprint density at radius 2 is 0.511 bits per heavy atom. The van der Waals surface area contributed by atoms with Gasteiger partial charge in [0.1, 0.15) is 33.5 Å². The van der Waals surface area contributed by atoms with Gasteiger partial charge in [0.05, 0.1) is 72.3 Å². The molecule has 0 spiro atoms. The number of fused-ring (bicyclic) bond motifs is 21. The topological polar surface area (TPSA) is 55.8 Å². The highest BCUT2D eigenvalue weighted by atomic mass is 16.3. The summed E-state index contributed by atoms with van der Waals surface area (Å²) in [5.74, 6) is 0. The van der Waals surface area contributed by atoms with Crippen LogP contribution in [0.15, 0.2) is 462 Å². The highest BCUT2D eigenvalue weighted by molar-refractivity contribution is 6.21. The molecule has 0 N–H and O–H groups in total. The molecule has 628 valence electrons. The fraction of sp³-hybridized carbons (Fsp3) is 0.0476. The number of aromatic nitrogens is 2. The Morgan fingerprint density at radius 1 is 0.188 bits per heavy atom. The first-order valence-corrected chi connectivity index (χ1v) is 45.9. The third-order valence-corrected chi connectivity index (χ3v) is 28.3. The fourth-order valence-corrected chi connectivity index (χ4v) is 22.2. The van der Waals surface area contributed by atoms with Gasteiger partial charge < -0.3 is 32.2 Å². The van der Waals surface area contributed by atoms with Crippen molar-refractivity contribution in [2.24, 2.45) is 0 Å². The SMILES string of the molecule is CC1(C)c2ccccc2-c2c(N(c3cccc4oc5ccccc5c34)c3cccc4oc5ccc(-c6ccc7c(c6)c6ccccc6n7-c6ccccc6)cc5c34)cccc21.CC1(C)c2ccccc2-c2c(N(c3ccccc3-c3ccccc3)c3cccc4oc5ccc(-c6ccc7c(c6)c6ccccc6n7-c6cc(-c7ccccc7)cc(-c7ccccc7)c6)cc5c34)cccc21. The maximum absolute atomic E-state index is 6.84. The van der Waals surface area contributed by atoms with Crippen LogP contribution in [0.5, 0.6) is 0 Å². The quantitative estimate of drug-likeness (QED) is 0.115. The largest absolute Gasteiger partial charge is 0.456 e. The van der Waals surface area contributed by atoms with E-state index in [9.17, 15) is 0 Å². The third-order valence-electron chi connectivity index (χ3n) is 28.3. The standard InChI is InChI=1S/C69H48N2O.C57H38N2O2/c1-69(2)58-29-15-12-28-55(58)67-59(69)30-18-33-63(67)71(60-31-16-13-26-53(60)47-24-10-5-11-25-47)64-34-19-35-66-68(64)57-44-49(37-39-65(57)72-66)48-36-38-62-56(43-48)54-27-14-17-32-61(54)70(62)52-41-50(45-20-6-3-7-21-45)40-51(42-52)46-22-8-4-9-23-46;1-57(2)43-20-9-6-18-39(43)54-44(57)21-12-23-47(54)59(48-24-13-27-52-55(48)40-19-8-11-26-50(40)60-52)49-25-14-28-53-56(49)42-34-36(30-32-51(42)61-53)35-29-31-46-41(33-35)38-17-7-10-22-45(38)58(46)37-15-4-3-5-16-37/h3-44H,1-2H3;3-34H,1-2H3. The summed E-state index contributed by atoms with van der Waals surface area (Å²) in [5.41, 5.74) is 40.3. The van der Waals surface area contributed by atoms with Crippen LogP contribution in [0.3, 0.4) is 0 Å². The molecular weight excluding hydrogens is 1620 g/mol. The Kier molecular flexibility index (Phi) is 17.6. The van der Waals surface area contributed by atoms with Crippen molar-refractivity contribution < 1.29 is 13.3 Å². The Bertz CT molecular complexity index is 8980. The summed E-state index contributed by atoms with van der Waals surface area (Å²) in [5, 5.41) is 11.3. The van der Waals surface area contributed by atoms with Crippen molar-refractivity contribution >= 4 is 144 Å². The molecule has 0 amide bonds. The lowest BCUT2D eigenvalue weighted by atomic mass is 9.82. The van der Waals surface area contributed by atoms with Gasteiger partial charge in [0.2, 0.25) is 0 Å². The van der Waals surface area contributed by atoms with Crippen LogP contribution < -0.4 is 9.80 Å². The third kappa shape index (κ3) is 12.2. The predicted molar refractivity (Wildman–Crippen MR) is 555 cm³/mol. The number of furan rings is 3. The van der Waals surface area contributed by atoms with Crippen molar-refractivity contribution in [1.82, 2.24) is 9.13 Å². The number of hydrogen-bond donors (Lipinski definition) is 0. The van der Waals surface area contributed by atoms with Crippen LogP contribution >= 0.6 is 0 Å². The van der Waals surface area contributed by atoms with E-state index in [-0.39, 0.29) is 10.8 Å². The zero-order valence-electron chi connectivity index (χ0n) is 73.7. The second-order valence-electron chi connectivity index (χ2n) is 36.5. The molecule has 25 aromatic rings. The zero-order chi connectivity index (χ0) is 88.3. The molecule has 5 aromatic heterocycles. The fourth-order valence-electron chi connectivity index (χ4n) is 22.2. The summed E-state index contributed by atoms with van der Waals surface area (Å²) >= 11 is 0. The van der Waals surface area contributed by atoms with Gasteiger partial charge in [0, 0.05) is 76.6 Å². The summed E-state index contributed by atoms with van der Waals surface area (Å²) in [7, 11) is 0. The van der Waals surface area contributed by atoms with Crippen molar-refractivity contribution in [2.45, 2.75) is 38.5 Å². The minimum Gasteiger partial charge on any atom is -0.456 e. The van der Waals surface area contributed by atoms with Crippen LogP contribution in [-0.2, 0) is 10.8 Å². The second kappa shape index (κ2) is 30.3. The molecule has 20 aromatic carbocycles. The maximum Gasteiger partial charge on any atom is 0.137 e. The minimum atomic E-state index is -0.167. The van der Waals surface area contributed by atoms with Crippen LogP contribution in [0, 0.1) is 0 Å². The summed E-state index contributed by atoms with van der Waals surface area (Å²) in [6.07, 6.45) is 0. The first-order chi connectivity index (χ1) is 65.5. The van der Waals surface area contributed by atoms with Gasteiger partial charge in [-0.1, -0.05) is 325 Å². The number of rotatable bonds is 13. The molecule has 0 fully saturated rings. The molecule has 0 saturated carbocycles. The van der Waals surface area contributed by atoms with Crippen molar-refractivity contribution in [3.63, 3.8) is 0 Å². The molecular formula is C126H86N4O3. The Labute approximate surface area is 769 Å². The van der Waals surface area contributed by atoms with Gasteiger partial charge in [0.25, 0.3) is 0 Å². The zero-order valence-corrected chi connectivity index (χ0v) is 73.7. The van der Waals surface area contributed by atoms with E-state index in [1.165, 1.54) is 105 Å². The van der Waals surface area contributed by atoms with Gasteiger partial charge in [-0.2, -0.15) is 0 Å². The van der Waals surface area contributed by atoms with E-state index in [1.807, 2.05) is 6.07 Å². The van der Waals surface area contributed by atoms with Crippen LogP contribution in [-0.4, -0.2) is 9.13 Å². The summed E-state index contributed by atoms with van der Waals surface area (Å²) in [6.45, 7) is 9.41. The molecule has 7 nitrogen and oxygen atoms in total. The van der Waals surface area contributed by atoms with Gasteiger partial charge >= 0.3 is 0 Å². The molecule has 133 heavy (non-hydrogen) atoms. The van der Waals surface area contributed by atoms with Gasteiger partial charge in [-0.3, -0.25) is 0 Å². The first kappa shape index (κ1) is 77.2. The Hall–Kier alpha value is -17.0. The molecule has 0 aliphatic heterocycles. The van der Waals surface area contributed by atoms with Crippen molar-refractivity contribution in [2.75, 3.05) is 9.80 Å². The monoisotopic (exact) mass is 1700 g/mol. The van der Waals surface area contributed by atoms with Crippen molar-refractivity contribution in [1.29, 1.82) is 0 Å². The van der Waals surface area contributed by atoms with Crippen LogP contribution in [0.4, 0.5) is 34.1 Å². The van der Waals surface area contributed by atoms with E-state index >= 15 is 0 Å². The minimum absolute atomic E-state index is 0.166. The summed E-state index contributed by atoms with van der Waals surface area (Å²) < 4.78 is 24.9. The molecule has 0 unspecified atom stereocenters. The summed E-state index contributed by atoms with van der Waals surface area (Å²) in [6, 6.07) is 163. The lowest BCUT2D eigenvalue weighted by molar-refractivity contribution is 0.660. The molecule has 0 bridgehead atoms. The lowest BCUT2D eigenvalue weighted by Crippen LogP contribution is -2.16. The van der Waals surface area contributed by atoms with Crippen molar-refractivity contribution in [3.8, 4) is 89.3 Å². The van der Waals surface area contributed by atoms with E-state index < -0.39 is 0 Å². The lowest BCUT2D eigenvalue weighted by Gasteiger charge is -2.31. The van der Waals surface area contributed by atoms with E-state index in [0.717, 1.165) is 150 Å². The smallest absolute Gasteiger partial charge is 0.137 e. The normalized spacial score (nSPS) is 12.9. The van der Waals surface area contributed by atoms with Crippen LogP contribution in [0.25, 0.3) is 199 Å². The van der Waals surface area contributed by atoms with Crippen LogP contribution in [0.2, 0.25) is 0 Å². The number of anilines is 6. The summed E-state index contributed by atoms with van der Waals surface area (Å²) in [4.78, 5) is 4.97. The molecule has 0 saturated heterocycles. The Morgan fingerprint density at radius 3 is 1.00 bits per heavy atom. The number of benzene rings is 20. The van der Waals surface area contributed by atoms with Crippen molar-refractivity contribution in [3.05, 3.63) is 471 Å². The van der Waals surface area contributed by atoms with Gasteiger partial charge in [-0.15, -0.1) is 0 Å².